The third kappa shape index (κ3) is 8.24. The van der Waals surface area contributed by atoms with Gasteiger partial charge in [0.2, 0.25) is 0 Å². The average Bonchev–Trinajstić information content (AvgIpc) is 2.55. The van der Waals surface area contributed by atoms with Crippen LogP contribution in [0.4, 0.5) is 0 Å². The summed E-state index contributed by atoms with van der Waals surface area (Å²) in [5.41, 5.74) is 1.02. The maximum absolute atomic E-state index is 11.4. The van der Waals surface area contributed by atoms with E-state index in [9.17, 15) is 4.79 Å². The Bertz CT molecular complexity index is 480. The lowest BCUT2D eigenvalue weighted by molar-refractivity contribution is -0.139. The molecule has 5 heteroatoms. The van der Waals surface area contributed by atoms with Crippen LogP contribution in [0.3, 0.4) is 0 Å². The number of esters is 1. The van der Waals surface area contributed by atoms with Gasteiger partial charge in [-0.05, 0) is 24.7 Å². The molecule has 120 valence electrons. The zero-order valence-electron chi connectivity index (χ0n) is 13.1. The van der Waals surface area contributed by atoms with E-state index < -0.39 is 0 Å². The van der Waals surface area contributed by atoms with Crippen molar-refractivity contribution in [2.24, 2.45) is 0 Å². The van der Waals surface area contributed by atoms with Gasteiger partial charge in [0.05, 0.1) is 20.3 Å². The van der Waals surface area contributed by atoms with Gasteiger partial charge in [-0.25, -0.2) is 4.79 Å². The molecule has 0 aliphatic heterocycles. The molecule has 1 aromatic carbocycles. The van der Waals surface area contributed by atoms with Gasteiger partial charge in [0, 0.05) is 12.6 Å². The van der Waals surface area contributed by atoms with Crippen LogP contribution in [0.25, 0.3) is 6.08 Å². The molecule has 0 aliphatic carbocycles. The van der Waals surface area contributed by atoms with E-state index in [1.54, 1.807) is 19.3 Å². The lowest BCUT2D eigenvalue weighted by Gasteiger charge is -2.03. The summed E-state index contributed by atoms with van der Waals surface area (Å²) in [6.07, 6.45) is 6.71. The summed E-state index contributed by atoms with van der Waals surface area (Å²) in [5, 5.41) is 2.96. The molecule has 1 N–H and O–H groups in total. The summed E-state index contributed by atoms with van der Waals surface area (Å²) in [7, 11) is 3.48. The molecule has 0 unspecified atom stereocenters. The highest BCUT2D eigenvalue weighted by molar-refractivity contribution is 5.82. The van der Waals surface area contributed by atoms with E-state index in [0.717, 1.165) is 17.9 Å². The van der Waals surface area contributed by atoms with Gasteiger partial charge in [-0.1, -0.05) is 30.4 Å². The number of methoxy groups -OCH3 is 1. The first-order valence-electron chi connectivity index (χ1n) is 7.14. The quantitative estimate of drug-likeness (QED) is 0.310. The minimum atomic E-state index is -0.378. The van der Waals surface area contributed by atoms with E-state index in [1.165, 1.54) is 6.08 Å². The van der Waals surface area contributed by atoms with Crippen molar-refractivity contribution in [3.63, 3.8) is 0 Å². The number of carbonyl (C=O) groups is 1. The zero-order valence-corrected chi connectivity index (χ0v) is 13.1. The van der Waals surface area contributed by atoms with Gasteiger partial charge in [-0.3, -0.25) is 0 Å². The highest BCUT2D eigenvalue weighted by Crippen LogP contribution is 2.12. The van der Waals surface area contributed by atoms with E-state index in [-0.39, 0.29) is 12.6 Å². The van der Waals surface area contributed by atoms with Crippen molar-refractivity contribution in [2.75, 3.05) is 40.5 Å². The Balaban J connectivity index is 2.20. The molecule has 0 aromatic heterocycles. The van der Waals surface area contributed by atoms with Crippen LogP contribution in [0, 0.1) is 0 Å². The van der Waals surface area contributed by atoms with Gasteiger partial charge in [0.1, 0.15) is 12.4 Å². The lowest BCUT2D eigenvalue weighted by atomic mass is 10.2. The normalized spacial score (nSPS) is 11.2. The predicted octanol–water partition coefficient (Wildman–Crippen LogP) is 2.04. The monoisotopic (exact) mass is 305 g/mol. The summed E-state index contributed by atoms with van der Waals surface area (Å²) in [5.74, 6) is 0.435. The third-order valence-electron chi connectivity index (χ3n) is 2.72. The molecule has 0 saturated carbocycles. The highest BCUT2D eigenvalue weighted by Gasteiger charge is 1.95. The van der Waals surface area contributed by atoms with Crippen molar-refractivity contribution in [3.05, 3.63) is 48.1 Å². The summed E-state index contributed by atoms with van der Waals surface area (Å²) >= 11 is 0. The number of allylic oxidation sites excluding steroid dienone is 2. The van der Waals surface area contributed by atoms with Crippen LogP contribution in [-0.2, 0) is 14.3 Å². The van der Waals surface area contributed by atoms with Crippen molar-refractivity contribution < 1.29 is 19.0 Å². The largest absolute Gasteiger partial charge is 0.497 e. The van der Waals surface area contributed by atoms with E-state index in [4.69, 9.17) is 14.2 Å². The standard InChI is InChI=1S/C17H23NO4/c1-18-11-12-21-13-14-22-17(19)6-4-3-5-15-7-9-16(20-2)10-8-15/h3-10,18H,11-14H2,1-2H3/b5-3+,6-4+. The van der Waals surface area contributed by atoms with Crippen LogP contribution in [0.15, 0.2) is 42.5 Å². The molecular formula is C17H23NO4. The van der Waals surface area contributed by atoms with Gasteiger partial charge in [0.25, 0.3) is 0 Å². The second kappa shape index (κ2) is 11.5. The Hall–Kier alpha value is -2.11. The number of carbonyl (C=O) groups excluding carboxylic acids is 1. The van der Waals surface area contributed by atoms with E-state index in [2.05, 4.69) is 5.32 Å². The van der Waals surface area contributed by atoms with Crippen molar-refractivity contribution >= 4 is 12.0 Å². The van der Waals surface area contributed by atoms with Crippen LogP contribution in [0.5, 0.6) is 5.75 Å². The van der Waals surface area contributed by atoms with Crippen molar-refractivity contribution in [1.29, 1.82) is 0 Å². The minimum Gasteiger partial charge on any atom is -0.497 e. The van der Waals surface area contributed by atoms with Gasteiger partial charge in [-0.15, -0.1) is 0 Å². The Labute approximate surface area is 131 Å². The Morgan fingerprint density at radius 1 is 1.14 bits per heavy atom. The molecule has 0 spiro atoms. The van der Waals surface area contributed by atoms with Crippen molar-refractivity contribution in [2.45, 2.75) is 0 Å². The molecule has 0 saturated heterocycles. The second-order valence-corrected chi connectivity index (χ2v) is 4.37. The molecule has 0 atom stereocenters. The number of hydrogen-bond donors (Lipinski definition) is 1. The first kappa shape index (κ1) is 17.9. The number of benzene rings is 1. The smallest absolute Gasteiger partial charge is 0.330 e. The first-order valence-corrected chi connectivity index (χ1v) is 7.14. The fourth-order valence-electron chi connectivity index (χ4n) is 1.54. The molecule has 1 rings (SSSR count). The molecule has 1 aromatic rings. The van der Waals surface area contributed by atoms with Crippen molar-refractivity contribution in [1.82, 2.24) is 5.32 Å². The Morgan fingerprint density at radius 2 is 1.91 bits per heavy atom. The fourth-order valence-corrected chi connectivity index (χ4v) is 1.54. The number of nitrogens with one attached hydrogen (secondary N) is 1. The van der Waals surface area contributed by atoms with Gasteiger partial charge >= 0.3 is 5.97 Å². The van der Waals surface area contributed by atoms with Crippen LogP contribution in [-0.4, -0.2) is 46.5 Å². The Kier molecular flexibility index (Phi) is 9.41. The van der Waals surface area contributed by atoms with Crippen LogP contribution in [0.1, 0.15) is 5.56 Å². The molecule has 0 bridgehead atoms. The maximum Gasteiger partial charge on any atom is 0.330 e. The topological polar surface area (TPSA) is 56.8 Å². The fraction of sp³-hybridized carbons (Fsp3) is 0.353. The summed E-state index contributed by atoms with van der Waals surface area (Å²) in [6.45, 7) is 2.05. The first-order chi connectivity index (χ1) is 10.8. The molecule has 22 heavy (non-hydrogen) atoms. The van der Waals surface area contributed by atoms with E-state index >= 15 is 0 Å². The molecule has 0 heterocycles. The molecule has 0 aliphatic rings. The number of rotatable bonds is 10. The third-order valence-corrected chi connectivity index (χ3v) is 2.72. The minimum absolute atomic E-state index is 0.259. The predicted molar refractivity (Wildman–Crippen MR) is 86.9 cm³/mol. The van der Waals surface area contributed by atoms with Gasteiger partial charge in [0.15, 0.2) is 0 Å². The molecule has 0 amide bonds. The SMILES string of the molecule is CNCCOCCOC(=O)/C=C/C=C/c1ccc(OC)cc1. The molecular weight excluding hydrogens is 282 g/mol. The van der Waals surface area contributed by atoms with Crippen LogP contribution < -0.4 is 10.1 Å². The van der Waals surface area contributed by atoms with Crippen LogP contribution in [0.2, 0.25) is 0 Å². The Morgan fingerprint density at radius 3 is 2.59 bits per heavy atom. The van der Waals surface area contributed by atoms with E-state index in [0.29, 0.717) is 13.2 Å². The molecule has 5 nitrogen and oxygen atoms in total. The molecule has 0 fully saturated rings. The summed E-state index contributed by atoms with van der Waals surface area (Å²) in [6, 6.07) is 7.63. The number of hydrogen-bond acceptors (Lipinski definition) is 5. The van der Waals surface area contributed by atoms with Crippen molar-refractivity contribution in [3.8, 4) is 5.75 Å². The second-order valence-electron chi connectivity index (χ2n) is 4.37. The lowest BCUT2D eigenvalue weighted by Crippen LogP contribution is -2.16. The highest BCUT2D eigenvalue weighted by atomic mass is 16.6. The van der Waals surface area contributed by atoms with E-state index in [1.807, 2.05) is 37.4 Å². The number of likely N-dealkylation sites (N-methyl/N-ethyl adjacent to an activating group) is 1. The van der Waals surface area contributed by atoms with Crippen LogP contribution >= 0.6 is 0 Å². The number of ether oxygens (including phenoxy) is 3. The zero-order chi connectivity index (χ0) is 16.0. The molecule has 0 radical (unpaired) electrons. The summed E-state index contributed by atoms with van der Waals surface area (Å²) in [4.78, 5) is 11.4. The van der Waals surface area contributed by atoms with Gasteiger partial charge < -0.3 is 19.5 Å². The van der Waals surface area contributed by atoms with Gasteiger partial charge in [-0.2, -0.15) is 0 Å². The average molecular weight is 305 g/mol. The maximum atomic E-state index is 11.4. The summed E-state index contributed by atoms with van der Waals surface area (Å²) < 4.78 is 15.3.